The highest BCUT2D eigenvalue weighted by atomic mass is 16.6. The molecule has 1 unspecified atom stereocenters. The minimum absolute atomic E-state index is 0.000244. The molecule has 1 aliphatic heterocycles. The number of ether oxygens (including phenoxy) is 2. The van der Waals surface area contributed by atoms with Gasteiger partial charge < -0.3 is 14.4 Å². The van der Waals surface area contributed by atoms with E-state index in [9.17, 15) is 14.4 Å². The molecular formula is C37H52N7O5+. The minimum atomic E-state index is -0.800. The molecule has 4 rings (SSSR count). The second kappa shape index (κ2) is 14.5. The number of nitrogens with zero attached hydrogens (tertiary/aromatic N) is 7. The molecule has 12 nitrogen and oxygen atoms in total. The van der Waals surface area contributed by atoms with E-state index in [4.69, 9.17) is 9.47 Å². The van der Waals surface area contributed by atoms with Crippen molar-refractivity contribution in [3.63, 3.8) is 0 Å². The third-order valence-corrected chi connectivity index (χ3v) is 7.96. The second-order valence-electron chi connectivity index (χ2n) is 15.7. The Kier molecular flexibility index (Phi) is 11.0. The maximum atomic E-state index is 13.7. The van der Waals surface area contributed by atoms with Gasteiger partial charge in [-0.2, -0.15) is 4.79 Å². The van der Waals surface area contributed by atoms with Crippen LogP contribution in [0.3, 0.4) is 0 Å². The van der Waals surface area contributed by atoms with E-state index < -0.39 is 23.2 Å². The third kappa shape index (κ3) is 9.96. The van der Waals surface area contributed by atoms with Gasteiger partial charge in [-0.3, -0.25) is 9.78 Å². The lowest BCUT2D eigenvalue weighted by atomic mass is 9.95. The van der Waals surface area contributed by atoms with E-state index in [-0.39, 0.29) is 29.8 Å². The monoisotopic (exact) mass is 674 g/mol. The number of anilines is 1. The van der Waals surface area contributed by atoms with Crippen LogP contribution in [0.5, 0.6) is 0 Å². The number of hydrogen-bond donors (Lipinski definition) is 0. The summed E-state index contributed by atoms with van der Waals surface area (Å²) in [6.45, 7) is 20.3. The molecule has 0 bridgehead atoms. The first kappa shape index (κ1) is 37.2. The highest BCUT2D eigenvalue weighted by Crippen LogP contribution is 2.34. The van der Waals surface area contributed by atoms with Gasteiger partial charge in [0.15, 0.2) is 11.9 Å². The van der Waals surface area contributed by atoms with Crippen LogP contribution in [0.25, 0.3) is 11.1 Å². The fraction of sp³-hybridized carbons (Fsp3) is 0.541. The molecule has 12 heteroatoms. The summed E-state index contributed by atoms with van der Waals surface area (Å²) < 4.78 is 14.3. The molecule has 1 atom stereocenters. The fourth-order valence-electron chi connectivity index (χ4n) is 5.52. The zero-order valence-electron chi connectivity index (χ0n) is 30.9. The summed E-state index contributed by atoms with van der Waals surface area (Å²) in [5.74, 6) is -0.428. The van der Waals surface area contributed by atoms with Crippen molar-refractivity contribution in [2.24, 2.45) is 5.92 Å². The van der Waals surface area contributed by atoms with Gasteiger partial charge in [-0.15, -0.1) is 9.67 Å². The zero-order chi connectivity index (χ0) is 36.3. The van der Waals surface area contributed by atoms with E-state index >= 15 is 0 Å². The Morgan fingerprint density at radius 2 is 1.71 bits per heavy atom. The standard InChI is InChI=1S/C37H52N7O5/c1-25-19-27(29-16-17-38-20-31(29)42-18-12-13-26(22-42)21-41(11)33(46)48-36(5,6)7)14-15-28(25)23-43(34(47)49-37(8,9)10)32(45)30-24-44(40-39-30)35(2,3)4/h14-17,19-21,24,26H,12-13,18,22-23H2,1-11H3/q+1/b41-21-. The Morgan fingerprint density at radius 1 is 1.02 bits per heavy atom. The van der Waals surface area contributed by atoms with Crippen molar-refractivity contribution in [2.45, 2.75) is 105 Å². The minimum Gasteiger partial charge on any atom is -0.443 e. The first-order valence-electron chi connectivity index (χ1n) is 16.8. The van der Waals surface area contributed by atoms with E-state index in [1.54, 1.807) is 49.5 Å². The average molecular weight is 675 g/mol. The summed E-state index contributed by atoms with van der Waals surface area (Å²) >= 11 is 0. The summed E-state index contributed by atoms with van der Waals surface area (Å²) in [6, 6.07) is 8.00. The predicted octanol–water partition coefficient (Wildman–Crippen LogP) is 6.85. The highest BCUT2D eigenvalue weighted by Gasteiger charge is 2.32. The van der Waals surface area contributed by atoms with Crippen LogP contribution in [-0.4, -0.2) is 85.1 Å². The lowest BCUT2D eigenvalue weighted by Gasteiger charge is -2.33. The van der Waals surface area contributed by atoms with Crippen molar-refractivity contribution in [2.75, 3.05) is 25.0 Å². The molecule has 1 aliphatic rings. The molecule has 2 aromatic heterocycles. The van der Waals surface area contributed by atoms with E-state index in [0.717, 1.165) is 58.8 Å². The smallest absolute Gasteiger partial charge is 0.443 e. The van der Waals surface area contributed by atoms with Crippen molar-refractivity contribution >= 4 is 30.0 Å². The van der Waals surface area contributed by atoms with Gasteiger partial charge >= 0.3 is 12.2 Å². The number of aromatic nitrogens is 4. The van der Waals surface area contributed by atoms with Crippen LogP contribution >= 0.6 is 0 Å². The highest BCUT2D eigenvalue weighted by molar-refractivity contribution is 6.01. The predicted molar refractivity (Wildman–Crippen MR) is 189 cm³/mol. The van der Waals surface area contributed by atoms with Gasteiger partial charge in [0.05, 0.1) is 36.1 Å². The van der Waals surface area contributed by atoms with Crippen LogP contribution in [0, 0.1) is 12.8 Å². The Morgan fingerprint density at radius 3 is 2.33 bits per heavy atom. The molecule has 3 heterocycles. The molecule has 0 N–H and O–H groups in total. The Hall–Kier alpha value is -4.61. The number of piperidine rings is 1. The summed E-state index contributed by atoms with van der Waals surface area (Å²) in [7, 11) is 1.74. The summed E-state index contributed by atoms with van der Waals surface area (Å²) in [5, 5.41) is 8.19. The normalized spacial score (nSPS) is 15.9. The van der Waals surface area contributed by atoms with E-state index in [2.05, 4.69) is 26.3 Å². The van der Waals surface area contributed by atoms with Crippen LogP contribution < -0.4 is 4.90 Å². The fourth-order valence-corrected chi connectivity index (χ4v) is 5.52. The number of aryl methyl sites for hydroxylation is 1. The molecule has 0 aliphatic carbocycles. The molecule has 3 aromatic rings. The molecule has 3 amide bonds. The quantitative estimate of drug-likeness (QED) is 0.204. The summed E-state index contributed by atoms with van der Waals surface area (Å²) in [6.07, 6.45) is 7.98. The summed E-state index contributed by atoms with van der Waals surface area (Å²) in [5.41, 5.74) is 3.02. The third-order valence-electron chi connectivity index (χ3n) is 7.96. The van der Waals surface area contributed by atoms with Gasteiger partial charge in [0, 0.05) is 24.8 Å². The Labute approximate surface area is 290 Å². The SMILES string of the molecule is Cc1cc(-c2ccncc2N2CCCC(/C=[N+](/C)C(=O)OC(C)(C)C)C2)ccc1CN(C(=O)OC(C)(C)C)C(=O)c1cn(C(C)(C)C)nn1. The van der Waals surface area contributed by atoms with Gasteiger partial charge in [-0.1, -0.05) is 23.4 Å². The Bertz CT molecular complexity index is 1710. The van der Waals surface area contributed by atoms with E-state index in [1.807, 2.05) is 79.1 Å². The molecule has 0 spiro atoms. The zero-order valence-corrected chi connectivity index (χ0v) is 30.9. The van der Waals surface area contributed by atoms with Crippen molar-refractivity contribution in [1.29, 1.82) is 0 Å². The van der Waals surface area contributed by atoms with Gasteiger partial charge in [0.1, 0.15) is 18.2 Å². The van der Waals surface area contributed by atoms with Crippen LogP contribution in [-0.2, 0) is 21.6 Å². The van der Waals surface area contributed by atoms with Gasteiger partial charge in [-0.25, -0.2) is 14.4 Å². The molecular weight excluding hydrogens is 622 g/mol. The van der Waals surface area contributed by atoms with Crippen molar-refractivity contribution < 1.29 is 28.4 Å². The molecule has 264 valence electrons. The van der Waals surface area contributed by atoms with Gasteiger partial charge in [-0.05, 0) is 105 Å². The first-order chi connectivity index (χ1) is 22.7. The van der Waals surface area contributed by atoms with Crippen LogP contribution in [0.2, 0.25) is 0 Å². The van der Waals surface area contributed by atoms with E-state index in [0.29, 0.717) is 0 Å². The number of carbonyl (C=O) groups is 3. The molecule has 0 radical (unpaired) electrons. The van der Waals surface area contributed by atoms with E-state index in [1.165, 1.54) is 0 Å². The number of hydrogen-bond acceptors (Lipinski definition) is 9. The topological polar surface area (TPSA) is 123 Å². The maximum absolute atomic E-state index is 13.7. The number of imide groups is 1. The lowest BCUT2D eigenvalue weighted by Crippen LogP contribution is -2.40. The Balaban J connectivity index is 1.59. The lowest BCUT2D eigenvalue weighted by molar-refractivity contribution is -0.416. The number of benzene rings is 1. The van der Waals surface area contributed by atoms with Crippen LogP contribution in [0.1, 0.15) is 96.8 Å². The number of rotatable bonds is 6. The molecule has 49 heavy (non-hydrogen) atoms. The second-order valence-corrected chi connectivity index (χ2v) is 15.7. The molecule has 1 fully saturated rings. The molecule has 1 saturated heterocycles. The van der Waals surface area contributed by atoms with Crippen LogP contribution in [0.15, 0.2) is 42.9 Å². The largest absolute Gasteiger partial charge is 0.596 e. The van der Waals surface area contributed by atoms with Gasteiger partial charge in [0.25, 0.3) is 5.91 Å². The van der Waals surface area contributed by atoms with Crippen molar-refractivity contribution in [3.05, 3.63) is 59.7 Å². The average Bonchev–Trinajstić information content (AvgIpc) is 3.50. The number of amides is 3. The van der Waals surface area contributed by atoms with Gasteiger partial charge in [0.2, 0.25) is 0 Å². The molecule has 1 aromatic carbocycles. The maximum Gasteiger partial charge on any atom is 0.596 e. The number of carbonyl (C=O) groups excluding carboxylic acids is 3. The summed E-state index contributed by atoms with van der Waals surface area (Å²) in [4.78, 5) is 47.5. The number of pyridine rings is 1. The molecule has 0 saturated carbocycles. The first-order valence-corrected chi connectivity index (χ1v) is 16.8. The van der Waals surface area contributed by atoms with Crippen molar-refractivity contribution in [1.82, 2.24) is 24.9 Å². The van der Waals surface area contributed by atoms with Crippen LogP contribution in [0.4, 0.5) is 15.3 Å². The van der Waals surface area contributed by atoms with Crippen molar-refractivity contribution in [3.8, 4) is 11.1 Å².